The van der Waals surface area contributed by atoms with Crippen LogP contribution in [-0.2, 0) is 0 Å². The molecule has 0 aromatic rings. The van der Waals surface area contributed by atoms with Gasteiger partial charge in [0.05, 0.1) is 0 Å². The Morgan fingerprint density at radius 3 is 1.30 bits per heavy atom. The zero-order valence-corrected chi connectivity index (χ0v) is 6.38. The van der Waals surface area contributed by atoms with E-state index >= 15 is 0 Å². The van der Waals surface area contributed by atoms with Gasteiger partial charge in [0, 0.05) is 22.6 Å². The molecule has 0 amide bonds. The predicted molar refractivity (Wildman–Crippen MR) is 29.9 cm³/mol. The molecule has 62 valence electrons. The Hall–Kier alpha value is 0.310. The van der Waals surface area contributed by atoms with Gasteiger partial charge in [0.1, 0.15) is 0 Å². The molecule has 0 fully saturated rings. The van der Waals surface area contributed by atoms with Gasteiger partial charge in [-0.05, 0) is 0 Å². The molecule has 0 saturated heterocycles. The van der Waals surface area contributed by atoms with Crippen molar-refractivity contribution in [3.05, 3.63) is 0 Å². The molecule has 0 aromatic carbocycles. The third-order valence-corrected chi connectivity index (χ3v) is 1.12. The van der Waals surface area contributed by atoms with Crippen molar-refractivity contribution in [2.45, 2.75) is 16.3 Å². The molecule has 0 aliphatic carbocycles. The smallest absolute Gasteiger partial charge is 0.230 e. The minimum atomic E-state index is -5.48. The number of hydrogen-bond donors (Lipinski definition) is 0. The monoisotopic (exact) mass is 278 g/mol. The molecule has 0 nitrogen and oxygen atoms in total. The molecule has 1 atom stereocenters. The van der Waals surface area contributed by atoms with E-state index in [4.69, 9.17) is 0 Å². The van der Waals surface area contributed by atoms with Gasteiger partial charge in [-0.15, -0.1) is 0 Å². The molecule has 0 bridgehead atoms. The van der Waals surface area contributed by atoms with Crippen LogP contribution in [0.4, 0.5) is 26.3 Å². The van der Waals surface area contributed by atoms with E-state index in [2.05, 4.69) is 0 Å². The van der Waals surface area contributed by atoms with Gasteiger partial charge < -0.3 is 0 Å². The van der Waals surface area contributed by atoms with Crippen LogP contribution in [0, 0.1) is 0 Å². The fourth-order valence-corrected chi connectivity index (χ4v) is 0.539. The summed E-state index contributed by atoms with van der Waals surface area (Å²) in [7, 11) is 0. The average Bonchev–Trinajstić information content (AvgIpc) is 1.59. The summed E-state index contributed by atoms with van der Waals surface area (Å²) in [5.74, 6) is 0. The number of rotatable bonds is 1. The number of alkyl halides is 7. The molecule has 0 radical (unpaired) electrons. The first-order valence-corrected chi connectivity index (χ1v) is 3.01. The topological polar surface area (TPSA) is 0 Å². The van der Waals surface area contributed by atoms with E-state index in [1.165, 1.54) is 0 Å². The van der Waals surface area contributed by atoms with Gasteiger partial charge in [-0.25, -0.2) is 4.39 Å². The summed E-state index contributed by atoms with van der Waals surface area (Å²) in [4.78, 5) is 0. The van der Waals surface area contributed by atoms with Crippen LogP contribution in [0.5, 0.6) is 0 Å². The zero-order valence-electron chi connectivity index (χ0n) is 4.22. The lowest BCUT2D eigenvalue weighted by atomic mass is 10.4. The van der Waals surface area contributed by atoms with Crippen molar-refractivity contribution >= 4 is 22.6 Å². The Balaban J connectivity index is 4.23. The second-order valence-electron chi connectivity index (χ2n) is 1.45. The third-order valence-electron chi connectivity index (χ3n) is 0.575. The van der Waals surface area contributed by atoms with Crippen LogP contribution in [0.3, 0.4) is 0 Å². The van der Waals surface area contributed by atoms with Crippen LogP contribution in [0.25, 0.3) is 0 Å². The first-order valence-electron chi connectivity index (χ1n) is 1.93. The van der Waals surface area contributed by atoms with Gasteiger partial charge >= 0.3 is 10.1 Å². The summed E-state index contributed by atoms with van der Waals surface area (Å²) in [5, 5.41) is 0. The Labute approximate surface area is 65.7 Å². The van der Waals surface area contributed by atoms with Crippen molar-refractivity contribution in [2.75, 3.05) is 0 Å². The third kappa shape index (κ3) is 2.93. The van der Waals surface area contributed by atoms with Crippen LogP contribution < -0.4 is 0 Å². The lowest BCUT2D eigenvalue weighted by molar-refractivity contribution is -0.215. The fraction of sp³-hybridized carbons (Fsp3) is 1.00. The Bertz CT molecular complexity index is 97.1. The molecule has 0 rings (SSSR count). The van der Waals surface area contributed by atoms with Gasteiger partial charge in [-0.2, -0.15) is 22.0 Å². The summed E-state index contributed by atoms with van der Waals surface area (Å²) in [6.07, 6.45) is -9.56. The van der Waals surface area contributed by atoms with Gasteiger partial charge in [0.15, 0.2) is 0 Å². The fourth-order valence-electron chi connectivity index (χ4n) is 0.186. The van der Waals surface area contributed by atoms with Crippen molar-refractivity contribution in [2.24, 2.45) is 0 Å². The molecule has 0 aliphatic rings. The summed E-state index contributed by atoms with van der Waals surface area (Å²) in [6, 6.07) is 0. The van der Waals surface area contributed by atoms with E-state index in [1.807, 2.05) is 0 Å². The molecule has 7 heteroatoms. The maximum absolute atomic E-state index is 11.5. The van der Waals surface area contributed by atoms with Gasteiger partial charge in [-0.1, -0.05) is 0 Å². The highest BCUT2D eigenvalue weighted by molar-refractivity contribution is 14.1. The normalized spacial score (nSPS) is 17.1. The van der Waals surface area contributed by atoms with Gasteiger partial charge in [-0.3, -0.25) is 0 Å². The van der Waals surface area contributed by atoms with Crippen molar-refractivity contribution in [3.63, 3.8) is 0 Å². The van der Waals surface area contributed by atoms with E-state index in [-0.39, 0.29) is 22.6 Å². The largest absolute Gasteiger partial charge is 0.426 e. The second-order valence-corrected chi connectivity index (χ2v) is 2.88. The van der Waals surface area contributed by atoms with Crippen LogP contribution in [-0.4, -0.2) is 16.3 Å². The quantitative estimate of drug-likeness (QED) is 0.393. The Morgan fingerprint density at radius 1 is 1.00 bits per heavy atom. The van der Waals surface area contributed by atoms with Crippen molar-refractivity contribution in [3.8, 4) is 0 Å². The Kier molecular flexibility index (Phi) is 2.83. The van der Waals surface area contributed by atoms with Crippen LogP contribution >= 0.6 is 22.6 Å². The first-order chi connectivity index (χ1) is 4.15. The molecular weight excluding hydrogens is 277 g/mol. The van der Waals surface area contributed by atoms with Crippen molar-refractivity contribution < 1.29 is 26.3 Å². The highest BCUT2D eigenvalue weighted by Gasteiger charge is 2.55. The molecule has 0 aromatic heterocycles. The van der Waals surface area contributed by atoms with E-state index in [0.29, 0.717) is 0 Å². The SMILES string of the molecule is F[C@H](C(F)(F)F)C(F)(F)I. The van der Waals surface area contributed by atoms with Gasteiger partial charge in [0.25, 0.3) is 6.17 Å². The lowest BCUT2D eigenvalue weighted by Crippen LogP contribution is -2.36. The van der Waals surface area contributed by atoms with Crippen LogP contribution in [0.2, 0.25) is 0 Å². The first kappa shape index (κ1) is 10.3. The average molecular weight is 278 g/mol. The molecule has 0 heterocycles. The molecule has 0 saturated carbocycles. The summed E-state index contributed by atoms with van der Waals surface area (Å²) in [5.41, 5.74) is 0. The van der Waals surface area contributed by atoms with E-state index < -0.39 is 16.3 Å². The number of halogens is 7. The molecule has 0 spiro atoms. The molecule has 10 heavy (non-hydrogen) atoms. The van der Waals surface area contributed by atoms with Gasteiger partial charge in [0.2, 0.25) is 0 Å². The maximum atomic E-state index is 11.5. The standard InChI is InChI=1S/C3HF6I/c4-1(2(5,6)7)3(8,9)10/h1H/t1-/m1/s1. The lowest BCUT2D eigenvalue weighted by Gasteiger charge is -2.16. The molecule has 0 aliphatic heterocycles. The van der Waals surface area contributed by atoms with Crippen molar-refractivity contribution in [1.29, 1.82) is 0 Å². The number of hydrogen-bond acceptors (Lipinski definition) is 0. The highest BCUT2D eigenvalue weighted by Crippen LogP contribution is 2.38. The highest BCUT2D eigenvalue weighted by atomic mass is 127. The molecule has 0 unspecified atom stereocenters. The Morgan fingerprint density at radius 2 is 1.30 bits per heavy atom. The van der Waals surface area contributed by atoms with E-state index in [9.17, 15) is 26.3 Å². The maximum Gasteiger partial charge on any atom is 0.426 e. The molecular formula is C3HF6I. The predicted octanol–water partition coefficient (Wildman–Crippen LogP) is 2.91. The molecule has 0 N–H and O–H groups in total. The van der Waals surface area contributed by atoms with E-state index in [1.54, 1.807) is 0 Å². The minimum Gasteiger partial charge on any atom is -0.230 e. The summed E-state index contributed by atoms with van der Waals surface area (Å²) >= 11 is 0.0995. The summed E-state index contributed by atoms with van der Waals surface area (Å²) < 4.78 is 63.4. The summed E-state index contributed by atoms with van der Waals surface area (Å²) in [6.45, 7) is 0. The minimum absolute atomic E-state index is 0.0995. The van der Waals surface area contributed by atoms with Crippen molar-refractivity contribution in [1.82, 2.24) is 0 Å². The second kappa shape index (κ2) is 2.74. The van der Waals surface area contributed by atoms with Crippen LogP contribution in [0.1, 0.15) is 0 Å². The van der Waals surface area contributed by atoms with E-state index in [0.717, 1.165) is 0 Å². The van der Waals surface area contributed by atoms with Crippen LogP contribution in [0.15, 0.2) is 0 Å². The zero-order chi connectivity index (χ0) is 8.58.